The molecule has 0 heterocycles. The zero-order valence-electron chi connectivity index (χ0n) is 7.18. The topological polar surface area (TPSA) is 41.1 Å². The van der Waals surface area contributed by atoms with Crippen LogP contribution in [0.15, 0.2) is 0 Å². The Labute approximate surface area is 67.5 Å². The van der Waals surface area contributed by atoms with Crippen LogP contribution in [0.3, 0.4) is 0 Å². The molecule has 2 N–H and O–H groups in total. The summed E-state index contributed by atoms with van der Waals surface area (Å²) in [5, 5.41) is 5.88. The summed E-state index contributed by atoms with van der Waals surface area (Å²) in [5.74, 6) is 0.445. The minimum Gasteiger partial charge on any atom is -0.359 e. The molecule has 3 heteroatoms. The average Bonchev–Trinajstić information content (AvgIpc) is 2.50. The molecule has 1 aliphatic rings. The Morgan fingerprint density at radius 3 is 2.55 bits per heavy atom. The molecule has 0 aromatic heterocycles. The molecular weight excluding hydrogens is 140 g/mol. The van der Waals surface area contributed by atoms with E-state index in [0.717, 1.165) is 19.3 Å². The molecule has 0 radical (unpaired) electrons. The van der Waals surface area contributed by atoms with Crippen molar-refractivity contribution in [1.29, 1.82) is 0 Å². The number of carbonyl (C=O) groups is 1. The zero-order chi connectivity index (χ0) is 8.27. The lowest BCUT2D eigenvalue weighted by atomic mass is 10.1. The van der Waals surface area contributed by atoms with Gasteiger partial charge in [-0.05, 0) is 26.3 Å². The lowest BCUT2D eigenvalue weighted by Crippen LogP contribution is -2.28. The third-order valence-electron chi connectivity index (χ3n) is 2.46. The summed E-state index contributed by atoms with van der Waals surface area (Å²) < 4.78 is 0. The van der Waals surface area contributed by atoms with Crippen LogP contribution in [-0.4, -0.2) is 26.0 Å². The Morgan fingerprint density at radius 2 is 2.09 bits per heavy atom. The Balaban J connectivity index is 2.35. The molecule has 0 unspecified atom stereocenters. The van der Waals surface area contributed by atoms with E-state index >= 15 is 0 Å². The molecule has 1 aliphatic carbocycles. The van der Waals surface area contributed by atoms with E-state index in [1.807, 2.05) is 7.05 Å². The summed E-state index contributed by atoms with van der Waals surface area (Å²) in [5.41, 5.74) is 0. The summed E-state index contributed by atoms with van der Waals surface area (Å²) >= 11 is 0. The number of rotatable bonds is 2. The number of nitrogens with one attached hydrogen (secondary N) is 2. The van der Waals surface area contributed by atoms with Crippen LogP contribution < -0.4 is 10.6 Å². The third-order valence-corrected chi connectivity index (χ3v) is 2.46. The summed E-state index contributed by atoms with van der Waals surface area (Å²) in [7, 11) is 3.66. The fourth-order valence-electron chi connectivity index (χ4n) is 1.69. The molecule has 0 aromatic carbocycles. The van der Waals surface area contributed by atoms with Crippen LogP contribution in [-0.2, 0) is 4.79 Å². The van der Waals surface area contributed by atoms with Crippen LogP contribution in [0.4, 0.5) is 0 Å². The van der Waals surface area contributed by atoms with E-state index in [1.165, 1.54) is 0 Å². The van der Waals surface area contributed by atoms with Crippen molar-refractivity contribution in [3.63, 3.8) is 0 Å². The maximum Gasteiger partial charge on any atom is 0.222 e. The van der Waals surface area contributed by atoms with E-state index in [-0.39, 0.29) is 11.8 Å². The van der Waals surface area contributed by atoms with Gasteiger partial charge in [0, 0.05) is 19.0 Å². The fourth-order valence-corrected chi connectivity index (χ4v) is 1.69. The molecule has 3 nitrogen and oxygen atoms in total. The molecule has 1 fully saturated rings. The predicted molar refractivity (Wildman–Crippen MR) is 44.3 cm³/mol. The lowest BCUT2D eigenvalue weighted by molar-refractivity contribution is -0.124. The number of hydrogen-bond donors (Lipinski definition) is 2. The van der Waals surface area contributed by atoms with E-state index < -0.39 is 0 Å². The molecule has 0 aromatic rings. The van der Waals surface area contributed by atoms with Gasteiger partial charge in [-0.2, -0.15) is 0 Å². The quantitative estimate of drug-likeness (QED) is 0.596. The summed E-state index contributed by atoms with van der Waals surface area (Å²) in [6.45, 7) is 0. The van der Waals surface area contributed by atoms with Crippen LogP contribution in [0.5, 0.6) is 0 Å². The first-order chi connectivity index (χ1) is 5.27. The monoisotopic (exact) mass is 156 g/mol. The van der Waals surface area contributed by atoms with Crippen molar-refractivity contribution in [2.75, 3.05) is 14.1 Å². The van der Waals surface area contributed by atoms with E-state index in [0.29, 0.717) is 6.04 Å². The highest BCUT2D eigenvalue weighted by Gasteiger charge is 2.27. The Hall–Kier alpha value is -0.570. The summed E-state index contributed by atoms with van der Waals surface area (Å²) in [6, 6.07) is 0.553. The highest BCUT2D eigenvalue weighted by atomic mass is 16.1. The first-order valence-electron chi connectivity index (χ1n) is 4.16. The number of carbonyl (C=O) groups excluding carboxylic acids is 1. The average molecular weight is 156 g/mol. The SMILES string of the molecule is CNC(=O)[C@H]1CC[C@@H](NC)C1. The second kappa shape index (κ2) is 3.72. The molecule has 11 heavy (non-hydrogen) atoms. The van der Waals surface area contributed by atoms with Crippen LogP contribution in [0.2, 0.25) is 0 Å². The third kappa shape index (κ3) is 1.93. The van der Waals surface area contributed by atoms with Gasteiger partial charge in [0.1, 0.15) is 0 Å². The van der Waals surface area contributed by atoms with Gasteiger partial charge in [0.05, 0.1) is 0 Å². The Bertz CT molecular complexity index is 147. The van der Waals surface area contributed by atoms with E-state index in [1.54, 1.807) is 7.05 Å². The van der Waals surface area contributed by atoms with Crippen molar-refractivity contribution in [3.05, 3.63) is 0 Å². The largest absolute Gasteiger partial charge is 0.359 e. The van der Waals surface area contributed by atoms with Crippen LogP contribution in [0, 0.1) is 5.92 Å². The normalized spacial score (nSPS) is 30.4. The van der Waals surface area contributed by atoms with Crippen LogP contribution in [0.25, 0.3) is 0 Å². The van der Waals surface area contributed by atoms with E-state index in [9.17, 15) is 4.79 Å². The van der Waals surface area contributed by atoms with Crippen LogP contribution in [0.1, 0.15) is 19.3 Å². The minimum atomic E-state index is 0.197. The van der Waals surface area contributed by atoms with E-state index in [4.69, 9.17) is 0 Å². The smallest absolute Gasteiger partial charge is 0.222 e. The Morgan fingerprint density at radius 1 is 1.36 bits per heavy atom. The van der Waals surface area contributed by atoms with Crippen molar-refractivity contribution in [1.82, 2.24) is 10.6 Å². The predicted octanol–water partition coefficient (Wildman–Crippen LogP) is 0.120. The van der Waals surface area contributed by atoms with Gasteiger partial charge < -0.3 is 10.6 Å². The van der Waals surface area contributed by atoms with Gasteiger partial charge in [-0.1, -0.05) is 0 Å². The van der Waals surface area contributed by atoms with Crippen molar-refractivity contribution in [2.45, 2.75) is 25.3 Å². The highest BCUT2D eigenvalue weighted by Crippen LogP contribution is 2.24. The van der Waals surface area contributed by atoms with Gasteiger partial charge in [-0.15, -0.1) is 0 Å². The molecule has 64 valence electrons. The van der Waals surface area contributed by atoms with Gasteiger partial charge in [0.2, 0.25) is 5.91 Å². The summed E-state index contributed by atoms with van der Waals surface area (Å²) in [6.07, 6.45) is 3.16. The molecule has 1 amide bonds. The maximum absolute atomic E-state index is 11.1. The zero-order valence-corrected chi connectivity index (χ0v) is 7.18. The van der Waals surface area contributed by atoms with Gasteiger partial charge in [0.25, 0.3) is 0 Å². The molecule has 0 aliphatic heterocycles. The number of amides is 1. The first-order valence-corrected chi connectivity index (χ1v) is 4.16. The molecule has 2 atom stereocenters. The molecule has 1 saturated carbocycles. The highest BCUT2D eigenvalue weighted by molar-refractivity contribution is 5.78. The van der Waals surface area contributed by atoms with Crippen molar-refractivity contribution in [2.24, 2.45) is 5.92 Å². The second-order valence-corrected chi connectivity index (χ2v) is 3.11. The fraction of sp³-hybridized carbons (Fsp3) is 0.875. The lowest BCUT2D eigenvalue weighted by Gasteiger charge is -2.08. The molecular formula is C8H16N2O. The van der Waals surface area contributed by atoms with Crippen molar-refractivity contribution in [3.8, 4) is 0 Å². The van der Waals surface area contributed by atoms with Crippen molar-refractivity contribution >= 4 is 5.91 Å². The van der Waals surface area contributed by atoms with Gasteiger partial charge >= 0.3 is 0 Å². The maximum atomic E-state index is 11.1. The molecule has 1 rings (SSSR count). The molecule has 0 bridgehead atoms. The molecule has 0 saturated heterocycles. The standard InChI is InChI=1S/C8H16N2O/c1-9-7-4-3-6(5-7)8(11)10-2/h6-7,9H,3-5H2,1-2H3,(H,10,11)/t6-,7+/m0/s1. The molecule has 0 spiro atoms. The number of hydrogen-bond acceptors (Lipinski definition) is 2. The minimum absolute atomic E-state index is 0.197. The second-order valence-electron chi connectivity index (χ2n) is 3.11. The van der Waals surface area contributed by atoms with Gasteiger partial charge in [0.15, 0.2) is 0 Å². The van der Waals surface area contributed by atoms with E-state index in [2.05, 4.69) is 10.6 Å². The summed E-state index contributed by atoms with van der Waals surface area (Å²) in [4.78, 5) is 11.1. The van der Waals surface area contributed by atoms with Crippen LogP contribution >= 0.6 is 0 Å². The Kier molecular flexibility index (Phi) is 2.88. The van der Waals surface area contributed by atoms with Gasteiger partial charge in [-0.3, -0.25) is 4.79 Å². The van der Waals surface area contributed by atoms with Gasteiger partial charge in [-0.25, -0.2) is 0 Å². The van der Waals surface area contributed by atoms with Crippen molar-refractivity contribution < 1.29 is 4.79 Å². The first kappa shape index (κ1) is 8.53.